The van der Waals surface area contributed by atoms with Gasteiger partial charge in [0.2, 0.25) is 5.91 Å². The van der Waals surface area contributed by atoms with E-state index in [1.54, 1.807) is 20.0 Å². The molecular formula is C10H14N4O4. The smallest absolute Gasteiger partial charge is 0.322 e. The highest BCUT2D eigenvalue weighted by molar-refractivity contribution is 5.95. The number of nitrogens with zero attached hydrogens (tertiary/aromatic N) is 2. The van der Waals surface area contributed by atoms with Crippen molar-refractivity contribution in [3.05, 3.63) is 17.5 Å². The zero-order valence-electron chi connectivity index (χ0n) is 10.1. The minimum absolute atomic E-state index is 0.281. The summed E-state index contributed by atoms with van der Waals surface area (Å²) in [6.07, 6.45) is 0. The van der Waals surface area contributed by atoms with E-state index < -0.39 is 24.3 Å². The van der Waals surface area contributed by atoms with Crippen LogP contribution in [0.1, 0.15) is 16.2 Å². The molecule has 1 rings (SSSR count). The highest BCUT2D eigenvalue weighted by atomic mass is 16.4. The van der Waals surface area contributed by atoms with Gasteiger partial charge in [0.15, 0.2) is 0 Å². The van der Waals surface area contributed by atoms with Crippen LogP contribution in [0.3, 0.4) is 0 Å². The lowest BCUT2D eigenvalue weighted by atomic mass is 10.3. The second-order valence-electron chi connectivity index (χ2n) is 3.65. The van der Waals surface area contributed by atoms with Gasteiger partial charge in [-0.25, -0.2) is 0 Å². The lowest BCUT2D eigenvalue weighted by molar-refractivity contribution is -0.137. The van der Waals surface area contributed by atoms with E-state index in [1.165, 1.54) is 4.68 Å². The molecule has 8 heteroatoms. The first-order chi connectivity index (χ1) is 8.40. The highest BCUT2D eigenvalue weighted by Crippen LogP contribution is 2.00. The van der Waals surface area contributed by atoms with Crippen LogP contribution >= 0.6 is 0 Å². The normalized spacial score (nSPS) is 9.89. The van der Waals surface area contributed by atoms with Gasteiger partial charge in [-0.3, -0.25) is 19.1 Å². The minimum atomic E-state index is -1.14. The van der Waals surface area contributed by atoms with Crippen molar-refractivity contribution in [2.75, 3.05) is 13.1 Å². The van der Waals surface area contributed by atoms with Crippen molar-refractivity contribution < 1.29 is 19.5 Å². The van der Waals surface area contributed by atoms with E-state index in [0.29, 0.717) is 11.4 Å². The largest absolute Gasteiger partial charge is 0.480 e. The molecule has 98 valence electrons. The lowest BCUT2D eigenvalue weighted by Gasteiger charge is -2.05. The molecule has 0 fully saturated rings. The number of aromatic nitrogens is 2. The van der Waals surface area contributed by atoms with E-state index in [-0.39, 0.29) is 6.54 Å². The summed E-state index contributed by atoms with van der Waals surface area (Å²) in [6.45, 7) is 0.992. The number of rotatable bonds is 5. The van der Waals surface area contributed by atoms with E-state index in [4.69, 9.17) is 5.11 Å². The van der Waals surface area contributed by atoms with Gasteiger partial charge in [-0.1, -0.05) is 0 Å². The summed E-state index contributed by atoms with van der Waals surface area (Å²) in [7, 11) is 1.62. The summed E-state index contributed by atoms with van der Waals surface area (Å²) in [5.74, 6) is -2.15. The molecule has 0 atom stereocenters. The van der Waals surface area contributed by atoms with E-state index in [1.807, 2.05) is 0 Å². The number of aliphatic carboxylic acids is 1. The van der Waals surface area contributed by atoms with Crippen LogP contribution in [0.5, 0.6) is 0 Å². The van der Waals surface area contributed by atoms with Gasteiger partial charge in [0.05, 0.1) is 12.2 Å². The number of hydrogen-bond acceptors (Lipinski definition) is 4. The first-order valence-electron chi connectivity index (χ1n) is 5.17. The molecule has 0 unspecified atom stereocenters. The predicted octanol–water partition coefficient (Wildman–Crippen LogP) is -1.34. The topological polar surface area (TPSA) is 113 Å². The van der Waals surface area contributed by atoms with Gasteiger partial charge in [0.1, 0.15) is 12.2 Å². The number of hydrogen-bond donors (Lipinski definition) is 3. The average molecular weight is 254 g/mol. The van der Waals surface area contributed by atoms with Crippen molar-refractivity contribution in [1.29, 1.82) is 0 Å². The van der Waals surface area contributed by atoms with E-state index >= 15 is 0 Å². The van der Waals surface area contributed by atoms with Gasteiger partial charge >= 0.3 is 5.97 Å². The predicted molar refractivity (Wildman–Crippen MR) is 60.9 cm³/mol. The molecule has 0 spiro atoms. The number of nitrogens with one attached hydrogen (secondary N) is 2. The Hall–Kier alpha value is -2.38. The Morgan fingerprint density at radius 3 is 2.50 bits per heavy atom. The molecule has 0 aliphatic heterocycles. The Labute approximate surface area is 103 Å². The van der Waals surface area contributed by atoms with Gasteiger partial charge < -0.3 is 15.7 Å². The molecule has 18 heavy (non-hydrogen) atoms. The summed E-state index contributed by atoms with van der Waals surface area (Å²) in [5, 5.41) is 16.8. The highest BCUT2D eigenvalue weighted by Gasteiger charge is 2.12. The van der Waals surface area contributed by atoms with Crippen molar-refractivity contribution >= 4 is 17.8 Å². The molecule has 1 aromatic rings. The molecule has 0 bridgehead atoms. The third kappa shape index (κ3) is 3.89. The van der Waals surface area contributed by atoms with Crippen molar-refractivity contribution in [3.63, 3.8) is 0 Å². The maximum Gasteiger partial charge on any atom is 0.322 e. The molecule has 8 nitrogen and oxygen atoms in total. The summed E-state index contributed by atoms with van der Waals surface area (Å²) in [6, 6.07) is 1.59. The third-order valence-corrected chi connectivity index (χ3v) is 2.08. The average Bonchev–Trinajstić information content (AvgIpc) is 2.62. The number of aryl methyl sites for hydroxylation is 2. The molecule has 0 radical (unpaired) electrons. The second-order valence-corrected chi connectivity index (χ2v) is 3.65. The quantitative estimate of drug-likeness (QED) is 0.601. The van der Waals surface area contributed by atoms with Crippen LogP contribution in [0.15, 0.2) is 6.07 Å². The van der Waals surface area contributed by atoms with Crippen molar-refractivity contribution in [1.82, 2.24) is 20.4 Å². The summed E-state index contributed by atoms with van der Waals surface area (Å²) in [5.41, 5.74) is 1.02. The number of carbonyl (C=O) groups excluding carboxylic acids is 2. The molecular weight excluding hydrogens is 240 g/mol. The van der Waals surface area contributed by atoms with E-state index in [0.717, 1.165) is 0 Å². The van der Waals surface area contributed by atoms with Gasteiger partial charge in [-0.05, 0) is 13.0 Å². The Bertz CT molecular complexity index is 480. The van der Waals surface area contributed by atoms with Crippen LogP contribution in [0.2, 0.25) is 0 Å². The monoisotopic (exact) mass is 254 g/mol. The van der Waals surface area contributed by atoms with Crippen LogP contribution in [0, 0.1) is 6.92 Å². The van der Waals surface area contributed by atoms with E-state index in [2.05, 4.69) is 15.7 Å². The van der Waals surface area contributed by atoms with Crippen LogP contribution in [0.4, 0.5) is 0 Å². The van der Waals surface area contributed by atoms with Crippen LogP contribution in [-0.2, 0) is 16.6 Å². The fourth-order valence-corrected chi connectivity index (χ4v) is 1.31. The second kappa shape index (κ2) is 5.80. The van der Waals surface area contributed by atoms with Crippen LogP contribution < -0.4 is 10.6 Å². The first kappa shape index (κ1) is 13.7. The molecule has 1 aromatic heterocycles. The number of carboxylic acid groups (broad SMARTS) is 1. The van der Waals surface area contributed by atoms with Crippen LogP contribution in [0.25, 0.3) is 0 Å². The maximum atomic E-state index is 11.7. The zero-order chi connectivity index (χ0) is 13.7. The number of carbonyl (C=O) groups is 3. The summed E-state index contributed by atoms with van der Waals surface area (Å²) in [4.78, 5) is 33.0. The Morgan fingerprint density at radius 1 is 1.33 bits per heavy atom. The SMILES string of the molecule is Cc1cc(C(=O)NCC(=O)NCC(=O)O)n(C)n1. The molecule has 3 N–H and O–H groups in total. The third-order valence-electron chi connectivity index (χ3n) is 2.08. The standard InChI is InChI=1S/C10H14N4O4/c1-6-3-7(14(2)13-6)10(18)12-4-8(15)11-5-9(16)17/h3H,4-5H2,1-2H3,(H,11,15)(H,12,18)(H,16,17). The molecule has 0 saturated heterocycles. The molecule has 2 amide bonds. The van der Waals surface area contributed by atoms with Crippen molar-refractivity contribution in [2.45, 2.75) is 6.92 Å². The van der Waals surface area contributed by atoms with Gasteiger partial charge in [-0.2, -0.15) is 5.10 Å². The fourth-order valence-electron chi connectivity index (χ4n) is 1.31. The molecule has 0 aliphatic carbocycles. The Morgan fingerprint density at radius 2 is 2.00 bits per heavy atom. The molecule has 1 heterocycles. The Kier molecular flexibility index (Phi) is 4.41. The molecule has 0 saturated carbocycles. The lowest BCUT2D eigenvalue weighted by Crippen LogP contribution is -2.39. The fraction of sp³-hybridized carbons (Fsp3) is 0.400. The van der Waals surface area contributed by atoms with Gasteiger partial charge in [0, 0.05) is 7.05 Å². The number of carboxylic acids is 1. The summed E-state index contributed by atoms with van der Waals surface area (Å²) >= 11 is 0. The van der Waals surface area contributed by atoms with Gasteiger partial charge in [-0.15, -0.1) is 0 Å². The Balaban J connectivity index is 2.44. The summed E-state index contributed by atoms with van der Waals surface area (Å²) < 4.78 is 1.40. The van der Waals surface area contributed by atoms with Crippen molar-refractivity contribution in [3.8, 4) is 0 Å². The van der Waals surface area contributed by atoms with E-state index in [9.17, 15) is 14.4 Å². The first-order valence-corrected chi connectivity index (χ1v) is 5.17. The van der Waals surface area contributed by atoms with Crippen LogP contribution in [-0.4, -0.2) is 45.8 Å². The zero-order valence-corrected chi connectivity index (χ0v) is 10.1. The minimum Gasteiger partial charge on any atom is -0.480 e. The molecule has 0 aromatic carbocycles. The van der Waals surface area contributed by atoms with Gasteiger partial charge in [0.25, 0.3) is 5.91 Å². The molecule has 0 aliphatic rings. The van der Waals surface area contributed by atoms with Crippen molar-refractivity contribution in [2.24, 2.45) is 7.05 Å². The number of amides is 2. The maximum absolute atomic E-state index is 11.7.